The summed E-state index contributed by atoms with van der Waals surface area (Å²) in [7, 11) is 1.67. The quantitative estimate of drug-likeness (QED) is 0.844. The summed E-state index contributed by atoms with van der Waals surface area (Å²) < 4.78 is 5.30. The number of piperidine rings is 1. The van der Waals surface area contributed by atoms with Crippen molar-refractivity contribution in [2.24, 2.45) is 5.41 Å². The Bertz CT molecular complexity index is 525. The van der Waals surface area contributed by atoms with Crippen molar-refractivity contribution in [3.8, 4) is 5.75 Å². The zero-order valence-corrected chi connectivity index (χ0v) is 11.7. The van der Waals surface area contributed by atoms with Crippen molar-refractivity contribution in [2.45, 2.75) is 32.7 Å². The fourth-order valence-electron chi connectivity index (χ4n) is 3.33. The van der Waals surface area contributed by atoms with Crippen molar-refractivity contribution in [3.63, 3.8) is 0 Å². The van der Waals surface area contributed by atoms with Gasteiger partial charge in [-0.15, -0.1) is 0 Å². The van der Waals surface area contributed by atoms with E-state index in [0.717, 1.165) is 36.5 Å². The van der Waals surface area contributed by atoms with Crippen LogP contribution in [0.5, 0.6) is 5.75 Å². The van der Waals surface area contributed by atoms with Gasteiger partial charge in [0.05, 0.1) is 18.5 Å². The molecule has 19 heavy (non-hydrogen) atoms. The minimum Gasteiger partial charge on any atom is -0.497 e. The molecule has 0 aromatic heterocycles. The van der Waals surface area contributed by atoms with E-state index in [9.17, 15) is 4.79 Å². The average Bonchev–Trinajstić information content (AvgIpc) is 2.37. The Labute approximate surface area is 113 Å². The van der Waals surface area contributed by atoms with Crippen LogP contribution in [0.1, 0.15) is 26.7 Å². The first-order valence-electron chi connectivity index (χ1n) is 6.78. The summed E-state index contributed by atoms with van der Waals surface area (Å²) in [6.45, 7) is 5.28. The molecule has 102 valence electrons. The molecular formula is C15H20N2O2. The van der Waals surface area contributed by atoms with Gasteiger partial charge in [0.1, 0.15) is 11.8 Å². The molecule has 0 spiro atoms. The summed E-state index contributed by atoms with van der Waals surface area (Å²) in [6, 6.07) is 5.74. The molecule has 1 saturated heterocycles. The standard InChI is InChI=1S/C15H20N2O2/c1-15(2)7-4-8-17-12-9-10(19-3)5-6-11(12)16-14(18)13(15)17/h5-6,9,13H,4,7-8H2,1-3H3,(H,16,18). The minimum atomic E-state index is -0.0825. The van der Waals surface area contributed by atoms with E-state index in [1.165, 1.54) is 0 Å². The number of nitrogens with one attached hydrogen (secondary N) is 1. The molecule has 3 rings (SSSR count). The summed E-state index contributed by atoms with van der Waals surface area (Å²) >= 11 is 0. The van der Waals surface area contributed by atoms with Gasteiger partial charge in [-0.2, -0.15) is 0 Å². The molecule has 1 N–H and O–H groups in total. The second kappa shape index (κ2) is 4.15. The predicted octanol–water partition coefficient (Wildman–Crippen LogP) is 2.64. The number of carbonyl (C=O) groups is 1. The lowest BCUT2D eigenvalue weighted by Crippen LogP contribution is -2.58. The molecule has 2 heterocycles. The third-order valence-electron chi connectivity index (χ3n) is 4.29. The maximum Gasteiger partial charge on any atom is 0.247 e. The molecule has 1 fully saturated rings. The first kappa shape index (κ1) is 12.3. The highest BCUT2D eigenvalue weighted by Crippen LogP contribution is 2.44. The summed E-state index contributed by atoms with van der Waals surface area (Å²) in [4.78, 5) is 14.6. The lowest BCUT2D eigenvalue weighted by molar-refractivity contribution is -0.120. The van der Waals surface area contributed by atoms with E-state index < -0.39 is 0 Å². The number of anilines is 2. The second-order valence-electron chi connectivity index (χ2n) is 6.06. The van der Waals surface area contributed by atoms with Gasteiger partial charge in [-0.1, -0.05) is 13.8 Å². The smallest absolute Gasteiger partial charge is 0.247 e. The largest absolute Gasteiger partial charge is 0.497 e. The van der Waals surface area contributed by atoms with Crippen LogP contribution in [0.3, 0.4) is 0 Å². The van der Waals surface area contributed by atoms with Crippen molar-refractivity contribution in [3.05, 3.63) is 18.2 Å². The maximum atomic E-state index is 12.4. The molecule has 0 saturated carbocycles. The third kappa shape index (κ3) is 1.86. The van der Waals surface area contributed by atoms with E-state index in [4.69, 9.17) is 4.74 Å². The lowest BCUT2D eigenvalue weighted by atomic mass is 9.75. The molecule has 4 heteroatoms. The number of nitrogens with zero attached hydrogens (tertiary/aromatic N) is 1. The fraction of sp³-hybridized carbons (Fsp3) is 0.533. The van der Waals surface area contributed by atoms with E-state index in [1.54, 1.807) is 7.11 Å². The van der Waals surface area contributed by atoms with Crippen LogP contribution >= 0.6 is 0 Å². The van der Waals surface area contributed by atoms with Crippen molar-refractivity contribution in [1.82, 2.24) is 0 Å². The van der Waals surface area contributed by atoms with Crippen molar-refractivity contribution in [1.29, 1.82) is 0 Å². The van der Waals surface area contributed by atoms with Crippen LogP contribution in [0.2, 0.25) is 0 Å². The van der Waals surface area contributed by atoms with E-state index in [2.05, 4.69) is 24.1 Å². The first-order valence-corrected chi connectivity index (χ1v) is 6.78. The Morgan fingerprint density at radius 3 is 2.95 bits per heavy atom. The van der Waals surface area contributed by atoms with Gasteiger partial charge in [-0.3, -0.25) is 4.79 Å². The highest BCUT2D eigenvalue weighted by atomic mass is 16.5. The molecule has 1 unspecified atom stereocenters. The van der Waals surface area contributed by atoms with E-state index in [1.807, 2.05) is 18.2 Å². The molecule has 2 aliphatic rings. The molecule has 0 aliphatic carbocycles. The Morgan fingerprint density at radius 2 is 2.21 bits per heavy atom. The Morgan fingerprint density at radius 1 is 1.42 bits per heavy atom. The minimum absolute atomic E-state index is 0.00308. The number of hydrogen-bond acceptors (Lipinski definition) is 3. The summed E-state index contributed by atoms with van der Waals surface area (Å²) in [5.74, 6) is 0.944. The van der Waals surface area contributed by atoms with Crippen LogP contribution in [0, 0.1) is 5.41 Å². The van der Waals surface area contributed by atoms with Crippen LogP contribution in [0.15, 0.2) is 18.2 Å². The monoisotopic (exact) mass is 260 g/mol. The van der Waals surface area contributed by atoms with Crippen molar-refractivity contribution in [2.75, 3.05) is 23.9 Å². The third-order valence-corrected chi connectivity index (χ3v) is 4.29. The van der Waals surface area contributed by atoms with Crippen molar-refractivity contribution >= 4 is 17.3 Å². The molecule has 1 amide bonds. The average molecular weight is 260 g/mol. The molecule has 0 bridgehead atoms. The van der Waals surface area contributed by atoms with Gasteiger partial charge < -0.3 is 15.0 Å². The highest BCUT2D eigenvalue weighted by Gasteiger charge is 2.45. The van der Waals surface area contributed by atoms with E-state index in [0.29, 0.717) is 0 Å². The fourth-order valence-corrected chi connectivity index (χ4v) is 3.33. The second-order valence-corrected chi connectivity index (χ2v) is 6.06. The maximum absolute atomic E-state index is 12.4. The first-order chi connectivity index (χ1) is 9.03. The number of rotatable bonds is 1. The van der Waals surface area contributed by atoms with Gasteiger partial charge in [-0.05, 0) is 30.4 Å². The van der Waals surface area contributed by atoms with Gasteiger partial charge >= 0.3 is 0 Å². The topological polar surface area (TPSA) is 41.6 Å². The van der Waals surface area contributed by atoms with Crippen LogP contribution in [-0.2, 0) is 4.79 Å². The number of carbonyl (C=O) groups excluding carboxylic acids is 1. The van der Waals surface area contributed by atoms with Gasteiger partial charge in [0, 0.05) is 12.6 Å². The number of fused-ring (bicyclic) bond motifs is 3. The zero-order valence-electron chi connectivity index (χ0n) is 11.7. The van der Waals surface area contributed by atoms with Crippen LogP contribution < -0.4 is 15.0 Å². The zero-order chi connectivity index (χ0) is 13.6. The Balaban J connectivity index is 2.08. The highest BCUT2D eigenvalue weighted by molar-refractivity contribution is 6.04. The van der Waals surface area contributed by atoms with Gasteiger partial charge in [0.15, 0.2) is 0 Å². The van der Waals surface area contributed by atoms with Gasteiger partial charge in [0.25, 0.3) is 0 Å². The van der Waals surface area contributed by atoms with Crippen molar-refractivity contribution < 1.29 is 9.53 Å². The lowest BCUT2D eigenvalue weighted by Gasteiger charge is -2.49. The van der Waals surface area contributed by atoms with E-state index >= 15 is 0 Å². The summed E-state index contributed by atoms with van der Waals surface area (Å²) in [5, 5.41) is 3.03. The summed E-state index contributed by atoms with van der Waals surface area (Å²) in [5.41, 5.74) is 1.97. The molecular weight excluding hydrogens is 240 g/mol. The number of ether oxygens (including phenoxy) is 1. The number of amides is 1. The molecule has 1 atom stereocenters. The molecule has 1 aromatic rings. The number of methoxy groups -OCH3 is 1. The molecule has 4 nitrogen and oxygen atoms in total. The number of hydrogen-bond donors (Lipinski definition) is 1. The molecule has 1 aromatic carbocycles. The van der Waals surface area contributed by atoms with E-state index in [-0.39, 0.29) is 17.4 Å². The van der Waals surface area contributed by atoms with Crippen LogP contribution in [0.4, 0.5) is 11.4 Å². The van der Waals surface area contributed by atoms with Gasteiger partial charge in [-0.25, -0.2) is 0 Å². The van der Waals surface area contributed by atoms with Crippen LogP contribution in [0.25, 0.3) is 0 Å². The number of benzene rings is 1. The van der Waals surface area contributed by atoms with Gasteiger partial charge in [0.2, 0.25) is 5.91 Å². The molecule has 2 aliphatic heterocycles. The summed E-state index contributed by atoms with van der Waals surface area (Å²) in [6.07, 6.45) is 2.20. The Hall–Kier alpha value is -1.71. The Kier molecular flexibility index (Phi) is 2.69. The normalized spacial score (nSPS) is 24.3. The SMILES string of the molecule is COc1ccc2c(c1)N1CCCC(C)(C)C1C(=O)N2. The molecule has 0 radical (unpaired) electrons. The predicted molar refractivity (Wildman–Crippen MR) is 75.8 cm³/mol. The van der Waals surface area contributed by atoms with Crippen LogP contribution in [-0.4, -0.2) is 25.6 Å².